The fourth-order valence-corrected chi connectivity index (χ4v) is 3.91. The molecule has 92 valence electrons. The summed E-state index contributed by atoms with van der Waals surface area (Å²) < 4.78 is 0. The molecule has 1 heterocycles. The van der Waals surface area contributed by atoms with Gasteiger partial charge in [0.15, 0.2) is 0 Å². The van der Waals surface area contributed by atoms with E-state index in [4.69, 9.17) is 11.6 Å². The molecular formula is C14H18ClNO. The lowest BCUT2D eigenvalue weighted by atomic mass is 9.82. The summed E-state index contributed by atoms with van der Waals surface area (Å²) in [6.45, 7) is 0. The van der Waals surface area contributed by atoms with Crippen LogP contribution in [0.1, 0.15) is 31.2 Å². The lowest BCUT2D eigenvalue weighted by molar-refractivity contribution is 0.0751. The second-order valence-corrected chi connectivity index (χ2v) is 5.98. The van der Waals surface area contributed by atoms with Crippen molar-refractivity contribution >= 4 is 11.6 Å². The quantitative estimate of drug-likeness (QED) is 0.896. The van der Waals surface area contributed by atoms with Gasteiger partial charge in [0, 0.05) is 18.8 Å². The Morgan fingerprint density at radius 1 is 1.41 bits per heavy atom. The van der Waals surface area contributed by atoms with E-state index in [1.165, 1.54) is 25.7 Å². The third-order valence-corrected chi connectivity index (χ3v) is 4.91. The van der Waals surface area contributed by atoms with Crippen molar-refractivity contribution in [3.63, 3.8) is 0 Å². The fraction of sp³-hybridized carbons (Fsp3) is 0.643. The number of aromatic nitrogens is 1. The lowest BCUT2D eigenvalue weighted by Gasteiger charge is -2.27. The van der Waals surface area contributed by atoms with E-state index in [-0.39, 0.29) is 6.10 Å². The van der Waals surface area contributed by atoms with Crippen molar-refractivity contribution in [2.24, 2.45) is 17.8 Å². The Morgan fingerprint density at radius 3 is 2.94 bits per heavy atom. The second kappa shape index (κ2) is 4.58. The lowest BCUT2D eigenvalue weighted by Crippen LogP contribution is -2.27. The zero-order chi connectivity index (χ0) is 11.8. The zero-order valence-corrected chi connectivity index (χ0v) is 10.6. The first-order valence-corrected chi connectivity index (χ1v) is 6.88. The smallest absolute Gasteiger partial charge is 0.0622 e. The second-order valence-electron chi connectivity index (χ2n) is 5.58. The normalized spacial score (nSPS) is 32.9. The van der Waals surface area contributed by atoms with E-state index in [0.717, 1.165) is 17.4 Å². The Kier molecular flexibility index (Phi) is 3.10. The maximum Gasteiger partial charge on any atom is 0.0622 e. The molecule has 0 spiro atoms. The summed E-state index contributed by atoms with van der Waals surface area (Å²) in [6.07, 6.45) is 9.10. The molecule has 2 aliphatic carbocycles. The van der Waals surface area contributed by atoms with Crippen LogP contribution in [0.15, 0.2) is 18.5 Å². The van der Waals surface area contributed by atoms with Crippen LogP contribution in [0.5, 0.6) is 0 Å². The molecule has 3 heteroatoms. The Labute approximate surface area is 107 Å². The summed E-state index contributed by atoms with van der Waals surface area (Å²) in [5.41, 5.74) is 1.02. The van der Waals surface area contributed by atoms with Crippen LogP contribution in [0, 0.1) is 17.8 Å². The average molecular weight is 252 g/mol. The highest BCUT2D eigenvalue weighted by Crippen LogP contribution is 2.49. The average Bonchev–Trinajstić information content (AvgIpc) is 2.94. The van der Waals surface area contributed by atoms with E-state index in [2.05, 4.69) is 4.98 Å². The maximum absolute atomic E-state index is 10.4. The minimum absolute atomic E-state index is 0.231. The number of rotatable bonds is 3. The number of fused-ring (bicyclic) bond motifs is 2. The molecule has 1 N–H and O–H groups in total. The van der Waals surface area contributed by atoms with Crippen molar-refractivity contribution in [3.05, 3.63) is 29.0 Å². The van der Waals surface area contributed by atoms with Crippen LogP contribution in [0.2, 0.25) is 5.02 Å². The SMILES string of the molecule is OC(Cc1ccncc1Cl)C1CC2CCC1C2. The molecule has 0 aliphatic heterocycles. The van der Waals surface area contributed by atoms with Crippen LogP contribution in [0.25, 0.3) is 0 Å². The van der Waals surface area contributed by atoms with Gasteiger partial charge in [-0.1, -0.05) is 18.0 Å². The third kappa shape index (κ3) is 2.21. The number of aliphatic hydroxyl groups excluding tert-OH is 1. The summed E-state index contributed by atoms with van der Waals surface area (Å²) in [5.74, 6) is 2.14. The van der Waals surface area contributed by atoms with Crippen LogP contribution in [-0.2, 0) is 6.42 Å². The van der Waals surface area contributed by atoms with Crippen molar-refractivity contribution in [1.29, 1.82) is 0 Å². The molecular weight excluding hydrogens is 234 g/mol. The molecule has 4 unspecified atom stereocenters. The van der Waals surface area contributed by atoms with Crippen molar-refractivity contribution in [2.75, 3.05) is 0 Å². The number of halogens is 1. The van der Waals surface area contributed by atoms with Crippen molar-refractivity contribution in [3.8, 4) is 0 Å². The van der Waals surface area contributed by atoms with Gasteiger partial charge < -0.3 is 5.11 Å². The molecule has 0 radical (unpaired) electrons. The van der Waals surface area contributed by atoms with Crippen LogP contribution in [0.4, 0.5) is 0 Å². The standard InChI is InChI=1S/C14H18ClNO/c15-13-8-16-4-3-11(13)7-14(17)12-6-9-1-2-10(12)5-9/h3-4,8-10,12,14,17H,1-2,5-7H2. The van der Waals surface area contributed by atoms with Gasteiger partial charge in [0.05, 0.1) is 11.1 Å². The molecule has 4 atom stereocenters. The van der Waals surface area contributed by atoms with E-state index in [0.29, 0.717) is 17.4 Å². The molecule has 0 saturated heterocycles. The van der Waals surface area contributed by atoms with Gasteiger partial charge in [-0.25, -0.2) is 0 Å². The molecule has 2 fully saturated rings. The molecule has 1 aromatic rings. The van der Waals surface area contributed by atoms with Crippen LogP contribution >= 0.6 is 11.6 Å². The van der Waals surface area contributed by atoms with Crippen molar-refractivity contribution < 1.29 is 5.11 Å². The molecule has 2 saturated carbocycles. The van der Waals surface area contributed by atoms with E-state index >= 15 is 0 Å². The largest absolute Gasteiger partial charge is 0.392 e. The summed E-state index contributed by atoms with van der Waals surface area (Å²) in [5, 5.41) is 11.0. The predicted octanol–water partition coefficient (Wildman–Crippen LogP) is 3.07. The monoisotopic (exact) mass is 251 g/mol. The molecule has 3 rings (SSSR count). The van der Waals surface area contributed by atoms with Gasteiger partial charge in [-0.2, -0.15) is 0 Å². The van der Waals surface area contributed by atoms with Gasteiger partial charge in [0.2, 0.25) is 0 Å². The maximum atomic E-state index is 10.4. The first kappa shape index (κ1) is 11.5. The van der Waals surface area contributed by atoms with Crippen LogP contribution in [0.3, 0.4) is 0 Å². The van der Waals surface area contributed by atoms with Gasteiger partial charge >= 0.3 is 0 Å². The van der Waals surface area contributed by atoms with Gasteiger partial charge in [-0.15, -0.1) is 0 Å². The molecule has 2 nitrogen and oxygen atoms in total. The minimum Gasteiger partial charge on any atom is -0.392 e. The zero-order valence-electron chi connectivity index (χ0n) is 9.85. The number of hydrogen-bond donors (Lipinski definition) is 1. The Hall–Kier alpha value is -0.600. The van der Waals surface area contributed by atoms with Gasteiger partial charge in [-0.05, 0) is 48.6 Å². The topological polar surface area (TPSA) is 33.1 Å². The number of nitrogens with zero attached hydrogens (tertiary/aromatic N) is 1. The van der Waals surface area contributed by atoms with Crippen molar-refractivity contribution in [1.82, 2.24) is 4.98 Å². The Bertz CT molecular complexity index is 409. The first-order chi connectivity index (χ1) is 8.24. The highest BCUT2D eigenvalue weighted by atomic mass is 35.5. The number of aliphatic hydroxyl groups is 1. The van der Waals surface area contributed by atoms with E-state index in [1.807, 2.05) is 6.07 Å². The molecule has 0 aromatic carbocycles. The summed E-state index contributed by atoms with van der Waals surface area (Å²) in [6, 6.07) is 1.92. The van der Waals surface area contributed by atoms with Crippen molar-refractivity contribution in [2.45, 2.75) is 38.2 Å². The van der Waals surface area contributed by atoms with Gasteiger partial charge in [0.25, 0.3) is 0 Å². The summed E-state index contributed by atoms with van der Waals surface area (Å²) >= 11 is 6.08. The van der Waals surface area contributed by atoms with E-state index < -0.39 is 0 Å². The molecule has 2 aliphatic rings. The van der Waals surface area contributed by atoms with E-state index in [9.17, 15) is 5.11 Å². The highest BCUT2D eigenvalue weighted by Gasteiger charge is 2.42. The predicted molar refractivity (Wildman–Crippen MR) is 67.9 cm³/mol. The van der Waals surface area contributed by atoms with Gasteiger partial charge in [0.1, 0.15) is 0 Å². The molecule has 1 aromatic heterocycles. The molecule has 17 heavy (non-hydrogen) atoms. The molecule has 0 amide bonds. The highest BCUT2D eigenvalue weighted by molar-refractivity contribution is 6.31. The van der Waals surface area contributed by atoms with E-state index in [1.54, 1.807) is 12.4 Å². The van der Waals surface area contributed by atoms with Crippen LogP contribution in [-0.4, -0.2) is 16.2 Å². The summed E-state index contributed by atoms with van der Waals surface area (Å²) in [4.78, 5) is 3.97. The fourth-order valence-electron chi connectivity index (χ4n) is 3.71. The number of hydrogen-bond acceptors (Lipinski definition) is 2. The van der Waals surface area contributed by atoms with Crippen LogP contribution < -0.4 is 0 Å². The Morgan fingerprint density at radius 2 is 2.29 bits per heavy atom. The third-order valence-electron chi connectivity index (χ3n) is 4.57. The molecule has 2 bridgehead atoms. The summed E-state index contributed by atoms with van der Waals surface area (Å²) in [7, 11) is 0. The Balaban J connectivity index is 1.68. The first-order valence-electron chi connectivity index (χ1n) is 6.50. The number of pyridine rings is 1. The van der Waals surface area contributed by atoms with Gasteiger partial charge in [-0.3, -0.25) is 4.98 Å². The minimum atomic E-state index is -0.231.